The number of nitrogens with zero attached hydrogens (tertiary/aromatic N) is 3. The number of rotatable bonds is 14. The first kappa shape index (κ1) is 26.3. The van der Waals surface area contributed by atoms with Crippen LogP contribution in [0.4, 0.5) is 0 Å². The fourth-order valence-electron chi connectivity index (χ4n) is 3.74. The van der Waals surface area contributed by atoms with Gasteiger partial charge in [-0.2, -0.15) is 5.10 Å². The van der Waals surface area contributed by atoms with E-state index in [-0.39, 0.29) is 13.2 Å². The zero-order valence-corrected chi connectivity index (χ0v) is 20.5. The van der Waals surface area contributed by atoms with Crippen LogP contribution in [0.25, 0.3) is 11.3 Å². The highest BCUT2D eigenvalue weighted by Gasteiger charge is 2.24. The highest BCUT2D eigenvalue weighted by atomic mass is 16.5. The molecule has 3 aromatic rings. The van der Waals surface area contributed by atoms with Crippen molar-refractivity contribution in [3.05, 3.63) is 60.2 Å². The van der Waals surface area contributed by atoms with E-state index < -0.39 is 6.10 Å². The summed E-state index contributed by atoms with van der Waals surface area (Å²) in [7, 11) is 5.11. The Morgan fingerprint density at radius 3 is 2.49 bits per heavy atom. The van der Waals surface area contributed by atoms with Gasteiger partial charge in [0.05, 0.1) is 32.0 Å². The summed E-state index contributed by atoms with van der Waals surface area (Å²) in [5.74, 6) is 4.22. The van der Waals surface area contributed by atoms with Crippen molar-refractivity contribution in [1.82, 2.24) is 14.7 Å². The second-order valence-electron chi connectivity index (χ2n) is 7.98. The normalized spacial score (nSPS) is 11.9. The molecule has 8 heteroatoms. The lowest BCUT2D eigenvalue weighted by molar-refractivity contribution is 0.0206. The van der Waals surface area contributed by atoms with Crippen LogP contribution in [0, 0.1) is 12.3 Å². The van der Waals surface area contributed by atoms with Gasteiger partial charge in [0.15, 0.2) is 11.5 Å². The Kier molecular flexibility index (Phi) is 10.1. The molecule has 1 aromatic heterocycles. The van der Waals surface area contributed by atoms with Crippen molar-refractivity contribution in [2.45, 2.75) is 12.6 Å². The number of aliphatic hydroxyl groups excluding tert-OH is 1. The van der Waals surface area contributed by atoms with E-state index in [2.05, 4.69) is 10.8 Å². The molecule has 0 amide bonds. The molecule has 1 N–H and O–H groups in total. The third kappa shape index (κ3) is 7.31. The Bertz CT molecular complexity index is 1090. The zero-order chi connectivity index (χ0) is 25.0. The molecule has 1 atom stereocenters. The molecule has 0 saturated heterocycles. The number of para-hydroxylation sites is 2. The largest absolute Gasteiger partial charge is 0.493 e. The van der Waals surface area contributed by atoms with Crippen LogP contribution in [0.1, 0.15) is 5.56 Å². The molecule has 0 aliphatic rings. The number of terminal acetylenes is 1. The minimum Gasteiger partial charge on any atom is -0.493 e. The van der Waals surface area contributed by atoms with Crippen molar-refractivity contribution in [2.24, 2.45) is 7.05 Å². The van der Waals surface area contributed by atoms with Crippen molar-refractivity contribution >= 4 is 0 Å². The predicted octanol–water partition coefficient (Wildman–Crippen LogP) is 3.35. The van der Waals surface area contributed by atoms with Crippen molar-refractivity contribution in [3.63, 3.8) is 0 Å². The molecule has 0 saturated carbocycles. The van der Waals surface area contributed by atoms with Crippen molar-refractivity contribution in [2.75, 3.05) is 47.1 Å². The number of aromatic nitrogens is 2. The first-order valence-electron chi connectivity index (χ1n) is 11.4. The summed E-state index contributed by atoms with van der Waals surface area (Å²) in [6.45, 7) is 2.24. The number of aryl methyl sites for hydroxylation is 1. The van der Waals surface area contributed by atoms with Crippen molar-refractivity contribution in [1.29, 1.82) is 0 Å². The van der Waals surface area contributed by atoms with Gasteiger partial charge in [0, 0.05) is 39.4 Å². The summed E-state index contributed by atoms with van der Waals surface area (Å²) in [5, 5.41) is 15.3. The minimum atomic E-state index is -0.712. The standard InChI is InChI=1S/C27H33N3O5/c1-5-16-34-20-22(31)18-30(15-17-32-3)19-23-26(21-11-7-6-8-12-21)28-29(2)27(23)35-25-14-10-9-13-24(25)33-4/h1,6-14,22,31H,15-20H2,2-4H3/t22-/m1/s1. The van der Waals surface area contributed by atoms with Crippen LogP contribution in [0.5, 0.6) is 17.4 Å². The van der Waals surface area contributed by atoms with E-state index in [4.69, 9.17) is 30.5 Å². The molecule has 0 aliphatic carbocycles. The topological polar surface area (TPSA) is 78.2 Å². The molecule has 0 fully saturated rings. The Hall–Kier alpha value is -3.35. The highest BCUT2D eigenvalue weighted by molar-refractivity contribution is 5.66. The van der Waals surface area contributed by atoms with Crippen LogP contribution in [0.15, 0.2) is 54.6 Å². The van der Waals surface area contributed by atoms with Crippen LogP contribution in [0.2, 0.25) is 0 Å². The van der Waals surface area contributed by atoms with E-state index in [1.54, 1.807) is 18.9 Å². The summed E-state index contributed by atoms with van der Waals surface area (Å²) in [5.41, 5.74) is 2.66. The van der Waals surface area contributed by atoms with Gasteiger partial charge in [-0.3, -0.25) is 4.90 Å². The van der Waals surface area contributed by atoms with Gasteiger partial charge in [0.1, 0.15) is 12.3 Å². The number of aliphatic hydroxyl groups is 1. The number of benzene rings is 2. The second-order valence-corrected chi connectivity index (χ2v) is 7.98. The Morgan fingerprint density at radius 1 is 1.09 bits per heavy atom. The Morgan fingerprint density at radius 2 is 1.80 bits per heavy atom. The van der Waals surface area contributed by atoms with Crippen LogP contribution in [-0.2, 0) is 23.1 Å². The Labute approximate surface area is 207 Å². The average molecular weight is 480 g/mol. The number of hydrogen-bond donors (Lipinski definition) is 1. The molecular weight excluding hydrogens is 446 g/mol. The molecule has 0 spiro atoms. The van der Waals surface area contributed by atoms with Gasteiger partial charge in [-0.25, -0.2) is 4.68 Å². The van der Waals surface area contributed by atoms with Crippen molar-refractivity contribution in [3.8, 4) is 41.0 Å². The lowest BCUT2D eigenvalue weighted by atomic mass is 10.1. The molecule has 0 bridgehead atoms. The first-order valence-corrected chi connectivity index (χ1v) is 11.4. The molecule has 0 radical (unpaired) electrons. The molecule has 3 rings (SSSR count). The number of methoxy groups -OCH3 is 2. The van der Waals surface area contributed by atoms with Gasteiger partial charge in [0.25, 0.3) is 0 Å². The quantitative estimate of drug-likeness (QED) is 0.281. The molecule has 2 aromatic carbocycles. The summed E-state index contributed by atoms with van der Waals surface area (Å²) in [6, 6.07) is 17.4. The lowest BCUT2D eigenvalue weighted by Gasteiger charge is -2.25. The smallest absolute Gasteiger partial charge is 0.222 e. The zero-order valence-electron chi connectivity index (χ0n) is 20.5. The molecule has 1 heterocycles. The maximum atomic E-state index is 10.5. The van der Waals surface area contributed by atoms with Crippen LogP contribution < -0.4 is 9.47 Å². The monoisotopic (exact) mass is 479 g/mol. The van der Waals surface area contributed by atoms with Gasteiger partial charge in [-0.15, -0.1) is 6.42 Å². The van der Waals surface area contributed by atoms with Gasteiger partial charge in [0.2, 0.25) is 5.88 Å². The number of ether oxygens (including phenoxy) is 4. The molecule has 0 aliphatic heterocycles. The molecule has 0 unspecified atom stereocenters. The number of hydrogen-bond acceptors (Lipinski definition) is 7. The van der Waals surface area contributed by atoms with E-state index in [0.717, 1.165) is 16.8 Å². The van der Waals surface area contributed by atoms with Gasteiger partial charge in [-0.1, -0.05) is 48.4 Å². The molecule has 35 heavy (non-hydrogen) atoms. The van der Waals surface area contributed by atoms with Gasteiger partial charge < -0.3 is 24.1 Å². The maximum absolute atomic E-state index is 10.5. The van der Waals surface area contributed by atoms with Crippen molar-refractivity contribution < 1.29 is 24.1 Å². The third-order valence-electron chi connectivity index (χ3n) is 5.37. The summed E-state index contributed by atoms with van der Waals surface area (Å²) >= 11 is 0. The van der Waals surface area contributed by atoms with E-state index >= 15 is 0 Å². The summed E-state index contributed by atoms with van der Waals surface area (Å²) in [6.07, 6.45) is 4.53. The SMILES string of the molecule is C#CCOC[C@H](O)CN(CCOC)Cc1c(-c2ccccc2)nn(C)c1Oc1ccccc1OC. The highest BCUT2D eigenvalue weighted by Crippen LogP contribution is 2.37. The fourth-order valence-corrected chi connectivity index (χ4v) is 3.74. The van der Waals surface area contributed by atoms with Crippen LogP contribution in [-0.4, -0.2) is 73.0 Å². The van der Waals surface area contributed by atoms with E-state index in [0.29, 0.717) is 43.6 Å². The fraction of sp³-hybridized carbons (Fsp3) is 0.370. The Balaban J connectivity index is 1.96. The van der Waals surface area contributed by atoms with E-state index in [9.17, 15) is 5.11 Å². The lowest BCUT2D eigenvalue weighted by Crippen LogP contribution is -2.36. The predicted molar refractivity (Wildman–Crippen MR) is 135 cm³/mol. The minimum absolute atomic E-state index is 0.150. The second kappa shape index (κ2) is 13.5. The molecular formula is C27H33N3O5. The molecule has 186 valence electrons. The summed E-state index contributed by atoms with van der Waals surface area (Å²) in [4.78, 5) is 2.09. The molecule has 8 nitrogen and oxygen atoms in total. The third-order valence-corrected chi connectivity index (χ3v) is 5.37. The van der Waals surface area contributed by atoms with Gasteiger partial charge in [-0.05, 0) is 12.1 Å². The van der Waals surface area contributed by atoms with Crippen LogP contribution >= 0.6 is 0 Å². The maximum Gasteiger partial charge on any atom is 0.222 e. The van der Waals surface area contributed by atoms with Crippen LogP contribution in [0.3, 0.4) is 0 Å². The average Bonchev–Trinajstić information content (AvgIpc) is 3.18. The summed E-state index contributed by atoms with van der Waals surface area (Å²) < 4.78 is 24.2. The van der Waals surface area contributed by atoms with E-state index in [1.807, 2.05) is 61.6 Å². The van der Waals surface area contributed by atoms with Gasteiger partial charge >= 0.3 is 0 Å². The van der Waals surface area contributed by atoms with E-state index in [1.165, 1.54) is 0 Å². The first-order chi connectivity index (χ1) is 17.1.